The molecule has 5 rings (SSSR count). The second kappa shape index (κ2) is 11.0. The summed E-state index contributed by atoms with van der Waals surface area (Å²) in [6, 6.07) is 16.8. The van der Waals surface area contributed by atoms with Crippen molar-refractivity contribution in [2.75, 3.05) is 43.0 Å². The predicted molar refractivity (Wildman–Crippen MR) is 145 cm³/mol. The van der Waals surface area contributed by atoms with Crippen LogP contribution >= 0.6 is 0 Å². The van der Waals surface area contributed by atoms with Crippen molar-refractivity contribution in [3.63, 3.8) is 0 Å². The third kappa shape index (κ3) is 5.28. The molecular formula is C28H35N7O. The topological polar surface area (TPSA) is 70.8 Å². The van der Waals surface area contributed by atoms with E-state index in [1.54, 1.807) is 10.7 Å². The molecule has 1 aliphatic rings. The molecule has 3 aromatic heterocycles. The van der Waals surface area contributed by atoms with Crippen molar-refractivity contribution in [2.24, 2.45) is 0 Å². The van der Waals surface area contributed by atoms with Crippen molar-refractivity contribution < 1.29 is 4.74 Å². The average Bonchev–Trinajstić information content (AvgIpc) is 3.56. The summed E-state index contributed by atoms with van der Waals surface area (Å²) in [5.74, 6) is 2.64. The maximum atomic E-state index is 6.05. The van der Waals surface area contributed by atoms with Crippen molar-refractivity contribution in [1.29, 1.82) is 0 Å². The molecule has 0 aliphatic carbocycles. The van der Waals surface area contributed by atoms with Crippen LogP contribution in [0, 0.1) is 0 Å². The maximum absolute atomic E-state index is 6.05. The number of fused-ring (bicyclic) bond motifs is 1. The lowest BCUT2D eigenvalue weighted by molar-refractivity contribution is 0.223. The van der Waals surface area contributed by atoms with Crippen LogP contribution in [0.4, 0.5) is 17.3 Å². The lowest BCUT2D eigenvalue weighted by Crippen LogP contribution is -2.27. The van der Waals surface area contributed by atoms with Gasteiger partial charge in [0.05, 0.1) is 11.4 Å². The normalized spacial score (nSPS) is 15.7. The van der Waals surface area contributed by atoms with E-state index in [4.69, 9.17) is 14.8 Å². The molecule has 1 fully saturated rings. The van der Waals surface area contributed by atoms with E-state index in [0.717, 1.165) is 66.2 Å². The number of pyridine rings is 1. The molecule has 1 aliphatic heterocycles. The van der Waals surface area contributed by atoms with Crippen LogP contribution in [0.15, 0.2) is 60.9 Å². The van der Waals surface area contributed by atoms with E-state index in [1.807, 2.05) is 36.5 Å². The number of hydrogen-bond acceptors (Lipinski definition) is 7. The van der Waals surface area contributed by atoms with E-state index < -0.39 is 0 Å². The molecule has 4 aromatic rings. The third-order valence-electron chi connectivity index (χ3n) is 6.90. The molecule has 36 heavy (non-hydrogen) atoms. The standard InChI is InChI=1S/C28H35N7O/c1-4-33(5-2)17-18-36-23-11-6-10-22(19-23)24-20-25(28-29-14-16-35(28)32-24)30-26-12-7-13-27(31-26)34-15-8-9-21(34)3/h6-7,10-14,16,19-21H,4-5,8-9,15,17-18H2,1-3H3,(H,30,31). The van der Waals surface area contributed by atoms with Gasteiger partial charge in [0.25, 0.3) is 0 Å². The molecule has 0 amide bonds. The molecule has 0 saturated carbocycles. The number of hydrogen-bond donors (Lipinski definition) is 1. The van der Waals surface area contributed by atoms with Crippen LogP contribution in [0.3, 0.4) is 0 Å². The van der Waals surface area contributed by atoms with Crippen LogP contribution in [0.5, 0.6) is 5.75 Å². The van der Waals surface area contributed by atoms with Crippen LogP contribution in [0.2, 0.25) is 0 Å². The van der Waals surface area contributed by atoms with Crippen LogP contribution in [0.25, 0.3) is 16.9 Å². The van der Waals surface area contributed by atoms with Crippen molar-refractivity contribution in [1.82, 2.24) is 24.5 Å². The Labute approximate surface area is 212 Å². The molecule has 188 valence electrons. The maximum Gasteiger partial charge on any atom is 0.177 e. The number of likely N-dealkylation sites (N-methyl/N-ethyl adjacent to an activating group) is 1. The molecular weight excluding hydrogens is 450 g/mol. The fraction of sp³-hybridized carbons (Fsp3) is 0.393. The van der Waals surface area contributed by atoms with Gasteiger partial charge in [-0.1, -0.05) is 32.0 Å². The first-order valence-corrected chi connectivity index (χ1v) is 12.9. The Morgan fingerprint density at radius 2 is 1.97 bits per heavy atom. The van der Waals surface area contributed by atoms with Gasteiger partial charge < -0.3 is 19.9 Å². The van der Waals surface area contributed by atoms with Gasteiger partial charge in [-0.2, -0.15) is 5.10 Å². The van der Waals surface area contributed by atoms with Crippen LogP contribution in [-0.2, 0) is 0 Å². The van der Waals surface area contributed by atoms with Crippen molar-refractivity contribution >= 4 is 23.0 Å². The van der Waals surface area contributed by atoms with Gasteiger partial charge in [0.15, 0.2) is 5.65 Å². The largest absolute Gasteiger partial charge is 0.492 e. The minimum Gasteiger partial charge on any atom is -0.492 e. The van der Waals surface area contributed by atoms with E-state index in [1.165, 1.54) is 12.8 Å². The Bertz CT molecular complexity index is 1300. The molecule has 0 bridgehead atoms. The first-order valence-electron chi connectivity index (χ1n) is 12.9. The fourth-order valence-corrected chi connectivity index (χ4v) is 4.79. The minimum atomic E-state index is 0.515. The SMILES string of the molecule is CCN(CC)CCOc1cccc(-c2cc(Nc3cccc(N4CCCC4C)n3)c3nccn3n2)c1. The number of aromatic nitrogens is 4. The zero-order valence-corrected chi connectivity index (χ0v) is 21.4. The van der Waals surface area contributed by atoms with Gasteiger partial charge in [0.1, 0.15) is 24.0 Å². The summed E-state index contributed by atoms with van der Waals surface area (Å²) in [5, 5.41) is 8.29. The lowest BCUT2D eigenvalue weighted by atomic mass is 10.1. The summed E-state index contributed by atoms with van der Waals surface area (Å²) in [6.07, 6.45) is 6.05. The van der Waals surface area contributed by atoms with E-state index in [9.17, 15) is 0 Å². The number of rotatable bonds is 10. The first-order chi connectivity index (χ1) is 17.6. The molecule has 1 saturated heterocycles. The summed E-state index contributed by atoms with van der Waals surface area (Å²) in [7, 11) is 0. The van der Waals surface area contributed by atoms with Gasteiger partial charge in [-0.15, -0.1) is 0 Å². The van der Waals surface area contributed by atoms with Crippen molar-refractivity contribution in [3.8, 4) is 17.0 Å². The monoisotopic (exact) mass is 485 g/mol. The Hall–Kier alpha value is -3.65. The van der Waals surface area contributed by atoms with Gasteiger partial charge in [-0.05, 0) is 63.2 Å². The molecule has 8 heteroatoms. The summed E-state index contributed by atoms with van der Waals surface area (Å²) < 4.78 is 7.86. The molecule has 0 spiro atoms. The van der Waals surface area contributed by atoms with Crippen molar-refractivity contribution in [3.05, 3.63) is 60.9 Å². The predicted octanol–water partition coefficient (Wildman–Crippen LogP) is 5.24. The van der Waals surface area contributed by atoms with E-state index in [0.29, 0.717) is 12.6 Å². The van der Waals surface area contributed by atoms with Gasteiger partial charge in [0.2, 0.25) is 0 Å². The zero-order valence-electron chi connectivity index (χ0n) is 21.4. The van der Waals surface area contributed by atoms with E-state index in [-0.39, 0.29) is 0 Å². The Morgan fingerprint density at radius 1 is 1.11 bits per heavy atom. The Balaban J connectivity index is 1.39. The number of nitrogens with zero attached hydrogens (tertiary/aromatic N) is 6. The highest BCUT2D eigenvalue weighted by Crippen LogP contribution is 2.29. The number of benzene rings is 1. The Kier molecular flexibility index (Phi) is 7.32. The zero-order chi connectivity index (χ0) is 24.9. The average molecular weight is 486 g/mol. The summed E-state index contributed by atoms with van der Waals surface area (Å²) in [6.45, 7) is 11.3. The van der Waals surface area contributed by atoms with Gasteiger partial charge >= 0.3 is 0 Å². The quantitative estimate of drug-likeness (QED) is 0.329. The molecule has 1 atom stereocenters. The number of nitrogens with one attached hydrogen (secondary N) is 1. The molecule has 1 unspecified atom stereocenters. The molecule has 8 nitrogen and oxygen atoms in total. The molecule has 1 N–H and O–H groups in total. The van der Waals surface area contributed by atoms with Crippen LogP contribution in [-0.4, -0.2) is 63.3 Å². The third-order valence-corrected chi connectivity index (χ3v) is 6.90. The first kappa shape index (κ1) is 24.1. The molecule has 4 heterocycles. The van der Waals surface area contributed by atoms with Gasteiger partial charge in [0, 0.05) is 37.1 Å². The second-order valence-electron chi connectivity index (χ2n) is 9.23. The number of anilines is 3. The highest BCUT2D eigenvalue weighted by atomic mass is 16.5. The highest BCUT2D eigenvalue weighted by Gasteiger charge is 2.21. The fourth-order valence-electron chi connectivity index (χ4n) is 4.79. The second-order valence-corrected chi connectivity index (χ2v) is 9.23. The van der Waals surface area contributed by atoms with E-state index >= 15 is 0 Å². The van der Waals surface area contributed by atoms with Gasteiger partial charge in [-0.25, -0.2) is 14.5 Å². The van der Waals surface area contributed by atoms with Crippen LogP contribution in [0.1, 0.15) is 33.6 Å². The number of ether oxygens (including phenoxy) is 1. The smallest absolute Gasteiger partial charge is 0.177 e. The van der Waals surface area contributed by atoms with Crippen LogP contribution < -0.4 is 15.0 Å². The summed E-state index contributed by atoms with van der Waals surface area (Å²) in [4.78, 5) is 14.2. The summed E-state index contributed by atoms with van der Waals surface area (Å²) >= 11 is 0. The van der Waals surface area contributed by atoms with Gasteiger partial charge in [-0.3, -0.25) is 0 Å². The highest BCUT2D eigenvalue weighted by molar-refractivity contribution is 5.77. The summed E-state index contributed by atoms with van der Waals surface area (Å²) in [5.41, 5.74) is 3.44. The minimum absolute atomic E-state index is 0.515. The molecule has 1 aromatic carbocycles. The molecule has 0 radical (unpaired) electrons. The van der Waals surface area contributed by atoms with E-state index in [2.05, 4.69) is 59.1 Å². The number of imidazole rings is 1. The van der Waals surface area contributed by atoms with Crippen molar-refractivity contribution in [2.45, 2.75) is 39.7 Å². The Morgan fingerprint density at radius 3 is 2.78 bits per heavy atom. The lowest BCUT2D eigenvalue weighted by Gasteiger charge is -2.23.